The lowest BCUT2D eigenvalue weighted by molar-refractivity contribution is 0.223. The van der Waals surface area contributed by atoms with Gasteiger partial charge in [-0.05, 0) is 43.3 Å². The zero-order chi connectivity index (χ0) is 19.1. The van der Waals surface area contributed by atoms with Crippen molar-refractivity contribution in [2.45, 2.75) is 19.6 Å². The van der Waals surface area contributed by atoms with Crippen molar-refractivity contribution in [1.29, 1.82) is 0 Å². The fourth-order valence-corrected chi connectivity index (χ4v) is 2.31. The van der Waals surface area contributed by atoms with E-state index in [0.717, 1.165) is 0 Å². The van der Waals surface area contributed by atoms with Crippen LogP contribution in [0.5, 0.6) is 5.75 Å². The minimum Gasteiger partial charge on any atom is -0.489 e. The Morgan fingerprint density at radius 1 is 1.30 bits per heavy atom. The molecule has 2 heterocycles. The Kier molecular flexibility index (Phi) is 6.03. The zero-order valence-corrected chi connectivity index (χ0v) is 15.1. The number of nitrogens with zero attached hydrogens (tertiary/aromatic N) is 3. The summed E-state index contributed by atoms with van der Waals surface area (Å²) in [7, 11) is 1.68. The van der Waals surface area contributed by atoms with Crippen LogP contribution in [0.4, 0.5) is 4.39 Å². The van der Waals surface area contributed by atoms with E-state index in [1.54, 1.807) is 37.6 Å². The Balaban J connectivity index is 1.44. The van der Waals surface area contributed by atoms with Crippen LogP contribution in [0.1, 0.15) is 12.7 Å². The third-order valence-electron chi connectivity index (χ3n) is 3.63. The standard InChI is InChI=1S/C18H21FN6O2/c1-12(27-14-7-5-13(19)6-8-14)10-21-18(20-2)22-11-16-23-17(25-24-16)15-4-3-9-26-15/h3-9,12H,10-11H2,1-2H3,(H2,20,21,22)(H,23,24,25). The molecule has 0 saturated heterocycles. The highest BCUT2D eigenvalue weighted by Gasteiger charge is 2.09. The van der Waals surface area contributed by atoms with E-state index < -0.39 is 0 Å². The van der Waals surface area contributed by atoms with Gasteiger partial charge in [-0.3, -0.25) is 10.1 Å². The minimum absolute atomic E-state index is 0.134. The van der Waals surface area contributed by atoms with Gasteiger partial charge in [-0.15, -0.1) is 5.10 Å². The maximum absolute atomic E-state index is 12.9. The van der Waals surface area contributed by atoms with Crippen molar-refractivity contribution < 1.29 is 13.5 Å². The van der Waals surface area contributed by atoms with Crippen LogP contribution in [0.2, 0.25) is 0 Å². The number of aromatic nitrogens is 3. The molecule has 8 nitrogen and oxygen atoms in total. The topological polar surface area (TPSA) is 100 Å². The smallest absolute Gasteiger partial charge is 0.216 e. The summed E-state index contributed by atoms with van der Waals surface area (Å²) in [4.78, 5) is 8.52. The normalized spacial score (nSPS) is 12.6. The summed E-state index contributed by atoms with van der Waals surface area (Å²) in [5.41, 5.74) is 0. The first kappa shape index (κ1) is 18.4. The van der Waals surface area contributed by atoms with Crippen molar-refractivity contribution in [2.75, 3.05) is 13.6 Å². The van der Waals surface area contributed by atoms with Gasteiger partial charge in [0, 0.05) is 7.05 Å². The van der Waals surface area contributed by atoms with E-state index in [2.05, 4.69) is 30.8 Å². The van der Waals surface area contributed by atoms with E-state index in [1.807, 2.05) is 6.92 Å². The minimum atomic E-state index is -0.291. The highest BCUT2D eigenvalue weighted by molar-refractivity contribution is 5.79. The number of guanidine groups is 1. The van der Waals surface area contributed by atoms with Gasteiger partial charge in [-0.1, -0.05) is 0 Å². The van der Waals surface area contributed by atoms with Crippen LogP contribution in [-0.2, 0) is 6.54 Å². The van der Waals surface area contributed by atoms with Crippen molar-refractivity contribution in [1.82, 2.24) is 25.8 Å². The summed E-state index contributed by atoms with van der Waals surface area (Å²) in [6, 6.07) is 9.50. The molecule has 1 unspecified atom stereocenters. The Morgan fingerprint density at radius 3 is 2.81 bits per heavy atom. The van der Waals surface area contributed by atoms with Gasteiger partial charge >= 0.3 is 0 Å². The summed E-state index contributed by atoms with van der Waals surface area (Å²) in [5.74, 6) is 2.68. The number of aromatic amines is 1. The molecule has 3 aromatic rings. The molecule has 0 amide bonds. The third kappa shape index (κ3) is 5.30. The fraction of sp³-hybridized carbons (Fsp3) is 0.278. The van der Waals surface area contributed by atoms with Gasteiger partial charge in [0.2, 0.25) is 5.82 Å². The second-order valence-corrected chi connectivity index (χ2v) is 5.77. The number of hydrogen-bond acceptors (Lipinski definition) is 5. The van der Waals surface area contributed by atoms with E-state index >= 15 is 0 Å². The van der Waals surface area contributed by atoms with Gasteiger partial charge in [-0.2, -0.15) is 0 Å². The van der Waals surface area contributed by atoms with Crippen molar-refractivity contribution in [3.63, 3.8) is 0 Å². The molecule has 0 fully saturated rings. The predicted octanol–water partition coefficient (Wildman–Crippen LogP) is 2.34. The number of rotatable bonds is 7. The lowest BCUT2D eigenvalue weighted by Gasteiger charge is -2.17. The first-order valence-corrected chi connectivity index (χ1v) is 8.46. The summed E-state index contributed by atoms with van der Waals surface area (Å²) >= 11 is 0. The lowest BCUT2D eigenvalue weighted by atomic mass is 10.3. The molecular weight excluding hydrogens is 351 g/mol. The molecule has 1 aromatic carbocycles. The van der Waals surface area contributed by atoms with Crippen LogP contribution in [0.3, 0.4) is 0 Å². The second-order valence-electron chi connectivity index (χ2n) is 5.77. The fourth-order valence-electron chi connectivity index (χ4n) is 2.31. The Hall–Kier alpha value is -3.36. The summed E-state index contributed by atoms with van der Waals surface area (Å²) in [6.07, 6.45) is 1.44. The van der Waals surface area contributed by atoms with Crippen molar-refractivity contribution >= 4 is 5.96 Å². The number of H-pyrrole nitrogens is 1. The highest BCUT2D eigenvalue weighted by Crippen LogP contribution is 2.14. The molecule has 0 aliphatic heterocycles. The SMILES string of the molecule is CN=C(NCc1nc(-c2ccco2)n[nH]1)NCC(C)Oc1ccc(F)cc1. The molecule has 3 N–H and O–H groups in total. The molecule has 0 saturated carbocycles. The number of ether oxygens (including phenoxy) is 1. The van der Waals surface area contributed by atoms with E-state index in [9.17, 15) is 4.39 Å². The summed E-state index contributed by atoms with van der Waals surface area (Å²) in [5, 5.41) is 13.3. The molecule has 0 bridgehead atoms. The van der Waals surface area contributed by atoms with E-state index in [1.165, 1.54) is 12.1 Å². The van der Waals surface area contributed by atoms with Gasteiger partial charge in [0.25, 0.3) is 0 Å². The maximum Gasteiger partial charge on any atom is 0.216 e. The van der Waals surface area contributed by atoms with Crippen molar-refractivity contribution in [3.05, 3.63) is 54.3 Å². The number of halogens is 1. The monoisotopic (exact) mass is 372 g/mol. The largest absolute Gasteiger partial charge is 0.489 e. The van der Waals surface area contributed by atoms with Gasteiger partial charge < -0.3 is 19.8 Å². The first-order valence-electron chi connectivity index (χ1n) is 8.46. The van der Waals surface area contributed by atoms with E-state index in [0.29, 0.717) is 42.2 Å². The molecule has 27 heavy (non-hydrogen) atoms. The van der Waals surface area contributed by atoms with E-state index in [4.69, 9.17) is 9.15 Å². The molecule has 9 heteroatoms. The van der Waals surface area contributed by atoms with Crippen LogP contribution in [0.25, 0.3) is 11.6 Å². The Bertz CT molecular complexity index is 860. The molecule has 142 valence electrons. The first-order chi connectivity index (χ1) is 13.1. The number of aliphatic imine (C=N–C) groups is 1. The highest BCUT2D eigenvalue weighted by atomic mass is 19.1. The predicted molar refractivity (Wildman–Crippen MR) is 98.8 cm³/mol. The van der Waals surface area contributed by atoms with Gasteiger partial charge in [0.05, 0.1) is 19.4 Å². The van der Waals surface area contributed by atoms with Gasteiger partial charge in [0.1, 0.15) is 23.5 Å². The van der Waals surface area contributed by atoms with Crippen LogP contribution >= 0.6 is 0 Å². The maximum atomic E-state index is 12.9. The van der Waals surface area contributed by atoms with Crippen LogP contribution in [0, 0.1) is 5.82 Å². The number of benzene rings is 1. The van der Waals surface area contributed by atoms with E-state index in [-0.39, 0.29) is 11.9 Å². The molecule has 1 atom stereocenters. The Labute approximate surface area is 155 Å². The van der Waals surface area contributed by atoms with Crippen molar-refractivity contribution in [3.8, 4) is 17.3 Å². The number of nitrogens with one attached hydrogen (secondary N) is 3. The molecular formula is C18H21FN6O2. The quantitative estimate of drug-likeness (QED) is 0.435. The molecule has 0 aliphatic rings. The van der Waals surface area contributed by atoms with Gasteiger partial charge in [-0.25, -0.2) is 9.37 Å². The van der Waals surface area contributed by atoms with Crippen LogP contribution in [-0.4, -0.2) is 40.8 Å². The summed E-state index contributed by atoms with van der Waals surface area (Å²) < 4.78 is 23.9. The van der Waals surface area contributed by atoms with Gasteiger partial charge in [0.15, 0.2) is 11.7 Å². The molecule has 0 aliphatic carbocycles. The number of hydrogen-bond donors (Lipinski definition) is 3. The zero-order valence-electron chi connectivity index (χ0n) is 15.1. The Morgan fingerprint density at radius 2 is 2.11 bits per heavy atom. The van der Waals surface area contributed by atoms with Crippen molar-refractivity contribution in [2.24, 2.45) is 4.99 Å². The second kappa shape index (κ2) is 8.84. The third-order valence-corrected chi connectivity index (χ3v) is 3.63. The molecule has 3 rings (SSSR count). The van der Waals surface area contributed by atoms with Crippen LogP contribution < -0.4 is 15.4 Å². The molecule has 2 aromatic heterocycles. The molecule has 0 spiro atoms. The average Bonchev–Trinajstić information content (AvgIpc) is 3.35. The average molecular weight is 372 g/mol. The molecule has 0 radical (unpaired) electrons. The van der Waals surface area contributed by atoms with Crippen LogP contribution in [0.15, 0.2) is 52.1 Å². The summed E-state index contributed by atoms with van der Waals surface area (Å²) in [6.45, 7) is 2.85. The lowest BCUT2D eigenvalue weighted by Crippen LogP contribution is -2.41. The number of furan rings is 1.